The zero-order chi connectivity index (χ0) is 13.1. The Balaban J connectivity index is 1.65. The molecule has 0 spiro atoms. The van der Waals surface area contributed by atoms with Crippen molar-refractivity contribution in [1.82, 2.24) is 14.8 Å². The van der Waals surface area contributed by atoms with Gasteiger partial charge in [0.15, 0.2) is 0 Å². The van der Waals surface area contributed by atoms with Gasteiger partial charge in [0.25, 0.3) is 0 Å². The number of rotatable bonds is 4. The highest BCUT2D eigenvalue weighted by atomic mass is 15.3. The summed E-state index contributed by atoms with van der Waals surface area (Å²) in [6.07, 6.45) is 4.63. The van der Waals surface area contributed by atoms with Crippen LogP contribution >= 0.6 is 0 Å². The molecule has 19 heavy (non-hydrogen) atoms. The van der Waals surface area contributed by atoms with Crippen molar-refractivity contribution in [1.29, 1.82) is 0 Å². The number of aromatic nitrogens is 1. The first-order chi connectivity index (χ1) is 9.36. The highest BCUT2D eigenvalue weighted by molar-refractivity contribution is 5.43. The summed E-state index contributed by atoms with van der Waals surface area (Å²) < 4.78 is 0. The number of fused-ring (bicyclic) bond motifs is 1. The fourth-order valence-corrected chi connectivity index (χ4v) is 3.33. The number of piperazine rings is 1. The van der Waals surface area contributed by atoms with E-state index in [1.54, 1.807) is 0 Å². The molecule has 104 valence electrons. The van der Waals surface area contributed by atoms with Crippen molar-refractivity contribution >= 4 is 5.82 Å². The molecule has 2 saturated heterocycles. The number of hydrogen-bond acceptors (Lipinski definition) is 4. The fourth-order valence-electron chi connectivity index (χ4n) is 3.33. The molecule has 4 nitrogen and oxygen atoms in total. The summed E-state index contributed by atoms with van der Waals surface area (Å²) in [6, 6.07) is 5.04. The minimum Gasteiger partial charge on any atom is -0.370 e. The van der Waals surface area contributed by atoms with Gasteiger partial charge in [-0.25, -0.2) is 4.98 Å². The third-order valence-electron chi connectivity index (χ3n) is 4.30. The first-order valence-electron chi connectivity index (χ1n) is 7.51. The average molecular weight is 260 g/mol. The quantitative estimate of drug-likeness (QED) is 0.894. The number of nitrogens with zero attached hydrogens (tertiary/aromatic N) is 3. The Morgan fingerprint density at radius 1 is 1.37 bits per heavy atom. The van der Waals surface area contributed by atoms with Crippen molar-refractivity contribution in [3.8, 4) is 0 Å². The Labute approximate surface area is 115 Å². The maximum absolute atomic E-state index is 4.45. The zero-order valence-corrected chi connectivity index (χ0v) is 11.8. The van der Waals surface area contributed by atoms with E-state index in [1.165, 1.54) is 44.6 Å². The summed E-state index contributed by atoms with van der Waals surface area (Å²) >= 11 is 0. The van der Waals surface area contributed by atoms with E-state index < -0.39 is 0 Å². The molecule has 0 bridgehead atoms. The predicted molar refractivity (Wildman–Crippen MR) is 78.3 cm³/mol. The van der Waals surface area contributed by atoms with Crippen molar-refractivity contribution in [3.05, 3.63) is 23.9 Å². The molecule has 1 unspecified atom stereocenters. The van der Waals surface area contributed by atoms with Crippen LogP contribution in [0.15, 0.2) is 18.3 Å². The molecule has 1 aromatic heterocycles. The first-order valence-corrected chi connectivity index (χ1v) is 7.51. The molecular weight excluding hydrogens is 236 g/mol. The topological polar surface area (TPSA) is 31.4 Å². The Hall–Kier alpha value is -1.13. The van der Waals surface area contributed by atoms with Gasteiger partial charge in [-0.2, -0.15) is 0 Å². The molecule has 3 heterocycles. The van der Waals surface area contributed by atoms with Crippen LogP contribution in [0.4, 0.5) is 5.82 Å². The van der Waals surface area contributed by atoms with E-state index in [-0.39, 0.29) is 0 Å². The van der Waals surface area contributed by atoms with Crippen molar-refractivity contribution in [2.45, 2.75) is 32.4 Å². The second-order valence-corrected chi connectivity index (χ2v) is 5.61. The van der Waals surface area contributed by atoms with Crippen molar-refractivity contribution < 1.29 is 0 Å². The van der Waals surface area contributed by atoms with Crippen LogP contribution in [0, 0.1) is 0 Å². The molecule has 0 aromatic carbocycles. The zero-order valence-electron chi connectivity index (χ0n) is 11.8. The van der Waals surface area contributed by atoms with Gasteiger partial charge in [0.05, 0.1) is 0 Å². The second kappa shape index (κ2) is 5.88. The third-order valence-corrected chi connectivity index (χ3v) is 4.30. The van der Waals surface area contributed by atoms with Gasteiger partial charge in [-0.05, 0) is 32.4 Å². The smallest absolute Gasteiger partial charge is 0.130 e. The summed E-state index contributed by atoms with van der Waals surface area (Å²) in [4.78, 5) is 9.70. The molecule has 0 saturated carbocycles. The SMILES string of the molecule is CCNc1ncccc1CN1CCN2CCCC2C1. The van der Waals surface area contributed by atoms with Gasteiger partial charge in [-0.1, -0.05) is 6.07 Å². The molecule has 2 aliphatic heterocycles. The molecule has 3 rings (SSSR count). The lowest BCUT2D eigenvalue weighted by atomic mass is 10.1. The van der Waals surface area contributed by atoms with E-state index in [0.29, 0.717) is 0 Å². The van der Waals surface area contributed by atoms with Crippen molar-refractivity contribution in [2.75, 3.05) is 38.0 Å². The first kappa shape index (κ1) is 12.9. The molecule has 2 fully saturated rings. The van der Waals surface area contributed by atoms with Crippen LogP contribution in [0.3, 0.4) is 0 Å². The summed E-state index contributed by atoms with van der Waals surface area (Å²) in [7, 11) is 0. The molecule has 0 amide bonds. The predicted octanol–water partition coefficient (Wildman–Crippen LogP) is 1.79. The van der Waals surface area contributed by atoms with E-state index in [9.17, 15) is 0 Å². The maximum Gasteiger partial charge on any atom is 0.130 e. The van der Waals surface area contributed by atoms with Crippen molar-refractivity contribution in [3.63, 3.8) is 0 Å². The standard InChI is InChI=1S/C15H24N4/c1-2-16-15-13(5-3-7-17-15)11-18-9-10-19-8-4-6-14(19)12-18/h3,5,7,14H,2,4,6,8-12H2,1H3,(H,16,17). The number of anilines is 1. The van der Waals surface area contributed by atoms with Gasteiger partial charge in [0, 0.05) is 50.5 Å². The molecule has 0 aliphatic carbocycles. The van der Waals surface area contributed by atoms with Crippen LogP contribution in [-0.2, 0) is 6.54 Å². The maximum atomic E-state index is 4.45. The average Bonchev–Trinajstić information content (AvgIpc) is 2.89. The molecule has 1 N–H and O–H groups in total. The Kier molecular flexibility index (Phi) is 3.99. The normalized spacial score (nSPS) is 24.4. The lowest BCUT2D eigenvalue weighted by Gasteiger charge is -2.37. The monoisotopic (exact) mass is 260 g/mol. The Bertz CT molecular complexity index is 420. The van der Waals surface area contributed by atoms with E-state index in [4.69, 9.17) is 0 Å². The lowest BCUT2D eigenvalue weighted by Crippen LogP contribution is -2.49. The molecule has 0 radical (unpaired) electrons. The van der Waals surface area contributed by atoms with E-state index in [1.807, 2.05) is 12.3 Å². The largest absolute Gasteiger partial charge is 0.370 e. The fraction of sp³-hybridized carbons (Fsp3) is 0.667. The van der Waals surface area contributed by atoms with Gasteiger partial charge < -0.3 is 5.32 Å². The Morgan fingerprint density at radius 3 is 3.21 bits per heavy atom. The van der Waals surface area contributed by atoms with Crippen LogP contribution in [0.5, 0.6) is 0 Å². The van der Waals surface area contributed by atoms with E-state index >= 15 is 0 Å². The number of hydrogen-bond donors (Lipinski definition) is 1. The second-order valence-electron chi connectivity index (χ2n) is 5.61. The molecule has 1 aromatic rings. The van der Waals surface area contributed by atoms with Crippen LogP contribution in [-0.4, -0.2) is 53.5 Å². The van der Waals surface area contributed by atoms with Gasteiger partial charge in [0.2, 0.25) is 0 Å². The van der Waals surface area contributed by atoms with Crippen LogP contribution in [0.2, 0.25) is 0 Å². The van der Waals surface area contributed by atoms with E-state index in [2.05, 4.69) is 33.1 Å². The van der Waals surface area contributed by atoms with Gasteiger partial charge in [-0.15, -0.1) is 0 Å². The summed E-state index contributed by atoms with van der Waals surface area (Å²) in [5.74, 6) is 1.05. The summed E-state index contributed by atoms with van der Waals surface area (Å²) in [5.41, 5.74) is 1.33. The summed E-state index contributed by atoms with van der Waals surface area (Å²) in [5, 5.41) is 3.36. The molecule has 4 heteroatoms. The third kappa shape index (κ3) is 2.90. The summed E-state index contributed by atoms with van der Waals surface area (Å²) in [6.45, 7) is 9.05. The van der Waals surface area contributed by atoms with Crippen molar-refractivity contribution in [2.24, 2.45) is 0 Å². The van der Waals surface area contributed by atoms with Gasteiger partial charge in [0.1, 0.15) is 5.82 Å². The highest BCUT2D eigenvalue weighted by Gasteiger charge is 2.30. The van der Waals surface area contributed by atoms with Crippen LogP contribution in [0.1, 0.15) is 25.3 Å². The van der Waals surface area contributed by atoms with Crippen LogP contribution < -0.4 is 5.32 Å². The Morgan fingerprint density at radius 2 is 2.32 bits per heavy atom. The van der Waals surface area contributed by atoms with E-state index in [0.717, 1.165) is 24.9 Å². The molecular formula is C15H24N4. The number of pyridine rings is 1. The van der Waals surface area contributed by atoms with Gasteiger partial charge >= 0.3 is 0 Å². The minimum atomic E-state index is 0.799. The van der Waals surface area contributed by atoms with Crippen LogP contribution in [0.25, 0.3) is 0 Å². The van der Waals surface area contributed by atoms with Gasteiger partial charge in [-0.3, -0.25) is 9.80 Å². The molecule has 2 aliphatic rings. The minimum absolute atomic E-state index is 0.799. The highest BCUT2D eigenvalue weighted by Crippen LogP contribution is 2.23. The number of nitrogens with one attached hydrogen (secondary N) is 1. The lowest BCUT2D eigenvalue weighted by molar-refractivity contribution is 0.0994. The molecule has 1 atom stereocenters.